The van der Waals surface area contributed by atoms with Crippen molar-refractivity contribution >= 4 is 5.91 Å². The summed E-state index contributed by atoms with van der Waals surface area (Å²) in [4.78, 5) is 14.7. The van der Waals surface area contributed by atoms with Crippen LogP contribution < -0.4 is 5.32 Å². The molecular formula is C23H30N2O2. The molecule has 1 aliphatic heterocycles. The summed E-state index contributed by atoms with van der Waals surface area (Å²) in [6.07, 6.45) is 2.35. The molecule has 2 aromatic carbocycles. The second-order valence-electron chi connectivity index (χ2n) is 8.10. The highest BCUT2D eigenvalue weighted by Crippen LogP contribution is 2.18. The van der Waals surface area contributed by atoms with Crippen LogP contribution in [0.5, 0.6) is 0 Å². The summed E-state index contributed by atoms with van der Waals surface area (Å²) in [5.74, 6) is 0.118. The molecule has 4 heteroatoms. The van der Waals surface area contributed by atoms with Crippen LogP contribution in [0.15, 0.2) is 54.6 Å². The van der Waals surface area contributed by atoms with Gasteiger partial charge < -0.3 is 10.4 Å². The maximum absolute atomic E-state index is 12.5. The highest BCUT2D eigenvalue weighted by atomic mass is 16.3. The van der Waals surface area contributed by atoms with Crippen molar-refractivity contribution < 1.29 is 9.90 Å². The molecule has 1 fully saturated rings. The fraction of sp³-hybridized carbons (Fsp3) is 0.435. The van der Waals surface area contributed by atoms with Crippen LogP contribution in [0.1, 0.15) is 37.0 Å². The molecule has 0 unspecified atom stereocenters. The molecule has 0 saturated carbocycles. The quantitative estimate of drug-likeness (QED) is 0.792. The Hall–Kier alpha value is -2.17. The first kappa shape index (κ1) is 19.6. The summed E-state index contributed by atoms with van der Waals surface area (Å²) in [7, 11) is 0. The van der Waals surface area contributed by atoms with Crippen molar-refractivity contribution in [2.24, 2.45) is 0 Å². The third kappa shape index (κ3) is 5.91. The Morgan fingerprint density at radius 1 is 1.04 bits per heavy atom. The third-order valence-corrected chi connectivity index (χ3v) is 5.15. The zero-order chi connectivity index (χ0) is 19.3. The minimum absolute atomic E-state index is 0.118. The molecule has 0 radical (unpaired) electrons. The lowest BCUT2D eigenvalue weighted by atomic mass is 9.98. The van der Waals surface area contributed by atoms with Crippen LogP contribution in [0.25, 0.3) is 0 Å². The predicted molar refractivity (Wildman–Crippen MR) is 108 cm³/mol. The maximum Gasteiger partial charge on any atom is 0.237 e. The van der Waals surface area contributed by atoms with Crippen LogP contribution in [-0.2, 0) is 24.2 Å². The molecule has 0 spiro atoms. The number of hydrogen-bond acceptors (Lipinski definition) is 3. The molecule has 27 heavy (non-hydrogen) atoms. The molecule has 4 nitrogen and oxygen atoms in total. The highest BCUT2D eigenvalue weighted by molar-refractivity contribution is 5.82. The Morgan fingerprint density at radius 2 is 1.70 bits per heavy atom. The molecule has 1 heterocycles. The van der Waals surface area contributed by atoms with Crippen LogP contribution in [0, 0.1) is 0 Å². The van der Waals surface area contributed by atoms with Crippen LogP contribution in [0.4, 0.5) is 0 Å². The number of rotatable bonds is 7. The van der Waals surface area contributed by atoms with Crippen LogP contribution in [-0.4, -0.2) is 40.6 Å². The molecule has 1 amide bonds. The summed E-state index contributed by atoms with van der Waals surface area (Å²) in [6, 6.07) is 18.6. The summed E-state index contributed by atoms with van der Waals surface area (Å²) >= 11 is 0. The van der Waals surface area contributed by atoms with Crippen molar-refractivity contribution in [3.05, 3.63) is 71.3 Å². The number of hydrogen-bond donors (Lipinski definition) is 2. The van der Waals surface area contributed by atoms with Crippen molar-refractivity contribution in [2.75, 3.05) is 13.1 Å². The summed E-state index contributed by atoms with van der Waals surface area (Å²) < 4.78 is 0. The molecule has 2 N–H and O–H groups in total. The average molecular weight is 367 g/mol. The van der Waals surface area contributed by atoms with E-state index in [-0.39, 0.29) is 11.9 Å². The van der Waals surface area contributed by atoms with Crippen molar-refractivity contribution in [1.82, 2.24) is 10.2 Å². The van der Waals surface area contributed by atoms with E-state index < -0.39 is 5.60 Å². The number of nitrogens with zero attached hydrogens (tertiary/aromatic N) is 1. The Bertz CT molecular complexity index is 735. The van der Waals surface area contributed by atoms with Gasteiger partial charge in [-0.25, -0.2) is 0 Å². The number of aryl methyl sites for hydroxylation is 1. The molecule has 3 rings (SSSR count). The zero-order valence-corrected chi connectivity index (χ0v) is 16.3. The highest BCUT2D eigenvalue weighted by Gasteiger charge is 2.29. The third-order valence-electron chi connectivity index (χ3n) is 5.15. The van der Waals surface area contributed by atoms with E-state index in [4.69, 9.17) is 0 Å². The lowest BCUT2D eigenvalue weighted by molar-refractivity contribution is -0.129. The lowest BCUT2D eigenvalue weighted by Crippen LogP contribution is -2.55. The number of carbonyl (C=O) groups is 1. The first-order valence-corrected chi connectivity index (χ1v) is 9.77. The average Bonchev–Trinajstić information content (AvgIpc) is 2.64. The van der Waals surface area contributed by atoms with Crippen LogP contribution in [0.3, 0.4) is 0 Å². The number of aliphatic hydroxyl groups is 1. The monoisotopic (exact) mass is 366 g/mol. The number of benzene rings is 2. The van der Waals surface area contributed by atoms with Gasteiger partial charge >= 0.3 is 0 Å². The maximum atomic E-state index is 12.5. The van der Waals surface area contributed by atoms with Gasteiger partial charge in [0.2, 0.25) is 5.91 Å². The van der Waals surface area contributed by atoms with E-state index in [0.29, 0.717) is 6.54 Å². The fourth-order valence-electron chi connectivity index (χ4n) is 3.51. The van der Waals surface area contributed by atoms with Gasteiger partial charge in [-0.15, -0.1) is 0 Å². The van der Waals surface area contributed by atoms with Gasteiger partial charge in [-0.05, 0) is 49.8 Å². The zero-order valence-electron chi connectivity index (χ0n) is 16.3. The minimum Gasteiger partial charge on any atom is -0.390 e. The van der Waals surface area contributed by atoms with Gasteiger partial charge in [-0.2, -0.15) is 0 Å². The summed E-state index contributed by atoms with van der Waals surface area (Å²) in [6.45, 7) is 6.03. The molecule has 0 bridgehead atoms. The SMILES string of the molecule is CC(C)(O)CCc1ccc(CN2CCNC(=O)[C@@H]2Cc2ccccc2)cc1. The van der Waals surface area contributed by atoms with Gasteiger partial charge in [-0.3, -0.25) is 9.69 Å². The molecule has 0 aliphatic carbocycles. The van der Waals surface area contributed by atoms with E-state index in [1.54, 1.807) is 0 Å². The van der Waals surface area contributed by atoms with Crippen molar-refractivity contribution in [3.63, 3.8) is 0 Å². The van der Waals surface area contributed by atoms with Gasteiger partial charge in [0, 0.05) is 19.6 Å². The summed E-state index contributed by atoms with van der Waals surface area (Å²) in [5.41, 5.74) is 3.00. The van der Waals surface area contributed by atoms with Crippen molar-refractivity contribution in [3.8, 4) is 0 Å². The van der Waals surface area contributed by atoms with E-state index >= 15 is 0 Å². The van der Waals surface area contributed by atoms with Gasteiger partial charge in [0.15, 0.2) is 0 Å². The Morgan fingerprint density at radius 3 is 2.37 bits per heavy atom. The van der Waals surface area contributed by atoms with Gasteiger partial charge in [0.05, 0.1) is 11.6 Å². The first-order valence-electron chi connectivity index (χ1n) is 9.77. The topological polar surface area (TPSA) is 52.6 Å². The number of nitrogens with one attached hydrogen (secondary N) is 1. The smallest absolute Gasteiger partial charge is 0.237 e. The largest absolute Gasteiger partial charge is 0.390 e. The lowest BCUT2D eigenvalue weighted by Gasteiger charge is -2.35. The van der Waals surface area contributed by atoms with E-state index in [1.807, 2.05) is 32.0 Å². The molecule has 1 saturated heterocycles. The minimum atomic E-state index is -0.634. The van der Waals surface area contributed by atoms with E-state index in [2.05, 4.69) is 46.6 Å². The fourth-order valence-corrected chi connectivity index (χ4v) is 3.51. The number of carbonyl (C=O) groups excluding carboxylic acids is 1. The molecule has 0 aromatic heterocycles. The van der Waals surface area contributed by atoms with Crippen LogP contribution in [0.2, 0.25) is 0 Å². The second-order valence-corrected chi connectivity index (χ2v) is 8.10. The van der Waals surface area contributed by atoms with E-state index in [1.165, 1.54) is 16.7 Å². The van der Waals surface area contributed by atoms with Crippen molar-refractivity contribution in [1.29, 1.82) is 0 Å². The van der Waals surface area contributed by atoms with E-state index in [0.717, 1.165) is 32.4 Å². The molecular weight excluding hydrogens is 336 g/mol. The first-order chi connectivity index (χ1) is 12.9. The molecule has 1 atom stereocenters. The van der Waals surface area contributed by atoms with E-state index in [9.17, 15) is 9.90 Å². The summed E-state index contributed by atoms with van der Waals surface area (Å²) in [5, 5.41) is 12.9. The number of piperazine rings is 1. The molecule has 1 aliphatic rings. The standard InChI is InChI=1S/C23H30N2O2/c1-23(2,27)13-12-18-8-10-20(11-9-18)17-25-15-14-24-22(26)21(25)16-19-6-4-3-5-7-19/h3-11,21,27H,12-17H2,1-2H3,(H,24,26)/t21-/m0/s1. The molecule has 144 valence electrons. The normalized spacial score (nSPS) is 18.3. The van der Waals surface area contributed by atoms with Gasteiger partial charge in [0.1, 0.15) is 0 Å². The van der Waals surface area contributed by atoms with Gasteiger partial charge in [0.25, 0.3) is 0 Å². The Kier molecular flexibility index (Phi) is 6.30. The number of amides is 1. The second kappa shape index (κ2) is 8.68. The van der Waals surface area contributed by atoms with Gasteiger partial charge in [-0.1, -0.05) is 54.6 Å². The predicted octanol–water partition coefficient (Wildman–Crippen LogP) is 2.93. The Labute approximate surface area is 162 Å². The molecule has 2 aromatic rings. The van der Waals surface area contributed by atoms with Crippen LogP contribution >= 0.6 is 0 Å². The van der Waals surface area contributed by atoms with Crippen molar-refractivity contribution in [2.45, 2.75) is 51.3 Å². The Balaban J connectivity index is 1.64.